The zero-order valence-electron chi connectivity index (χ0n) is 53.8. The molecule has 504 valence electrons. The highest BCUT2D eigenvalue weighted by Crippen LogP contribution is 2.46. The van der Waals surface area contributed by atoms with Crippen molar-refractivity contribution in [3.63, 3.8) is 0 Å². The zero-order chi connectivity index (χ0) is 67.8. The summed E-state index contributed by atoms with van der Waals surface area (Å²) >= 11 is 0. The van der Waals surface area contributed by atoms with Crippen LogP contribution in [0.3, 0.4) is 0 Å². The minimum atomic E-state index is -1.10. The molecule has 8 N–H and O–H groups in total. The van der Waals surface area contributed by atoms with Crippen molar-refractivity contribution in [1.82, 2.24) is 51.1 Å². The molecule has 3 aromatic carbocycles. The number of aromatic hydroxyl groups is 1. The number of imide groups is 2. The number of hydrogen-bond donors (Lipinski definition) is 7. The molecule has 3 saturated heterocycles. The molecule has 0 spiro atoms. The number of piperidine rings is 1. The van der Waals surface area contributed by atoms with Gasteiger partial charge in [-0.1, -0.05) is 56.7 Å². The van der Waals surface area contributed by atoms with E-state index >= 15 is 0 Å². The number of primary amides is 1. The third-order valence-electron chi connectivity index (χ3n) is 18.3. The molecule has 5 aromatic rings. The SMILES string of the molecule is CC(C)[C@H](NC(=O)CCCCCN1C(=O)C=CC1=O)C(=O)N[C@@H](CCCNC(N)=O)C(=O)Nc1ccc(COC(=O)N2C[C@]3(C)C[C@@H](Oc4ccc(CN5CCN(c6ccc7c(c6)C(=O)N([C@H]6CCC(=O)NC6=O)C7)CC5)cn4)CN3c3cc(-c4ccccc4O)nnc32)cc1. The lowest BCUT2D eigenvalue weighted by atomic mass is 9.94. The molecule has 0 bridgehead atoms. The number of carbonyl (C=O) groups excluding carboxylic acids is 10. The summed E-state index contributed by atoms with van der Waals surface area (Å²) in [6.07, 6.45) is 6.21. The van der Waals surface area contributed by atoms with Gasteiger partial charge in [0.1, 0.15) is 36.6 Å². The number of amides is 11. The number of aromatic nitrogens is 3. The summed E-state index contributed by atoms with van der Waals surface area (Å²) in [6.45, 7) is 10.4. The first kappa shape index (κ1) is 66.9. The topological polar surface area (TPSA) is 354 Å². The van der Waals surface area contributed by atoms with Crippen LogP contribution in [0, 0.1) is 5.92 Å². The van der Waals surface area contributed by atoms with Gasteiger partial charge in [0, 0.05) is 119 Å². The highest BCUT2D eigenvalue weighted by atomic mass is 16.6. The number of ether oxygens (including phenoxy) is 2. The van der Waals surface area contributed by atoms with Gasteiger partial charge < -0.3 is 56.3 Å². The third-order valence-corrected chi connectivity index (χ3v) is 18.3. The molecule has 0 aliphatic carbocycles. The van der Waals surface area contributed by atoms with E-state index < -0.39 is 53.5 Å². The molecule has 3 fully saturated rings. The molecule has 96 heavy (non-hydrogen) atoms. The maximum atomic E-state index is 14.4. The smallest absolute Gasteiger partial charge is 0.416 e. The number of para-hydroxylation sites is 1. The van der Waals surface area contributed by atoms with Crippen molar-refractivity contribution in [2.75, 3.05) is 72.4 Å². The molecule has 11 amide bonds. The van der Waals surface area contributed by atoms with Crippen LogP contribution < -0.4 is 51.8 Å². The molecule has 5 atom stereocenters. The van der Waals surface area contributed by atoms with E-state index in [1.165, 1.54) is 17.1 Å². The second-order valence-electron chi connectivity index (χ2n) is 25.6. The monoisotopic (exact) mass is 1310 g/mol. The standard InChI is InChI=1S/C68H79N15O13/c1-41(2)60(74-55(85)13-5-4-8-27-80-58(87)24-25-59(80)88)64(91)73-50(11-9-26-70-66(69)93)62(89)72-45-18-14-42(15-19-45)39-95-67(94)82-40-68(3)34-47(38-83(68)53-33-51(76-77-61(53)82)48-10-6-7-12-54(48)84)96-57-23-16-43(35-71-57)36-78-28-30-79(31-29-78)46-20-17-44-37-81(65(92)49(44)32-46)52-21-22-56(86)75-63(52)90/h6-7,10,12,14-20,23-25,32-33,35,41,47,50,52,60,84H,4-5,8-9,11,13,21-22,26-31,34,36-40H2,1-3H3,(H,72,89)(H,73,91)(H,74,85)(H3,69,70,93)(H,75,86,90)/t47-,50+,52+,60+,68+/m1/s1. The van der Waals surface area contributed by atoms with Gasteiger partial charge in [-0.05, 0) is 104 Å². The first-order chi connectivity index (χ1) is 46.2. The van der Waals surface area contributed by atoms with E-state index in [0.717, 1.165) is 47.9 Å². The van der Waals surface area contributed by atoms with Gasteiger partial charge in [-0.3, -0.25) is 58.4 Å². The van der Waals surface area contributed by atoms with E-state index in [0.29, 0.717) is 91.4 Å². The number of hydrogen-bond acceptors (Lipinski definition) is 19. The van der Waals surface area contributed by atoms with Gasteiger partial charge in [-0.2, -0.15) is 0 Å². The number of anilines is 4. The van der Waals surface area contributed by atoms with E-state index in [1.807, 2.05) is 43.5 Å². The Kier molecular flexibility index (Phi) is 20.5. The number of nitrogens with zero attached hydrogens (tertiary/aromatic N) is 9. The van der Waals surface area contributed by atoms with Crippen molar-refractivity contribution in [3.05, 3.63) is 126 Å². The van der Waals surface area contributed by atoms with Crippen molar-refractivity contribution in [2.24, 2.45) is 11.7 Å². The van der Waals surface area contributed by atoms with E-state index in [-0.39, 0.29) is 105 Å². The number of benzene rings is 3. The Morgan fingerprint density at radius 2 is 1.59 bits per heavy atom. The van der Waals surface area contributed by atoms with Crippen molar-refractivity contribution >= 4 is 82.3 Å². The second kappa shape index (κ2) is 29.4. The highest BCUT2D eigenvalue weighted by Gasteiger charge is 2.51. The number of unbranched alkanes of at least 4 members (excludes halogenated alkanes) is 2. The van der Waals surface area contributed by atoms with Gasteiger partial charge in [-0.25, -0.2) is 14.6 Å². The first-order valence-electron chi connectivity index (χ1n) is 32.5. The lowest BCUT2D eigenvalue weighted by molar-refractivity contribution is -0.138. The number of phenolic OH excluding ortho intramolecular Hbond substituents is 1. The first-order valence-corrected chi connectivity index (χ1v) is 32.5. The molecule has 0 radical (unpaired) electrons. The number of carbonyl (C=O) groups is 10. The second-order valence-corrected chi connectivity index (χ2v) is 25.6. The summed E-state index contributed by atoms with van der Waals surface area (Å²) in [5, 5.41) is 33.2. The Bertz CT molecular complexity index is 3820. The Balaban J connectivity index is 0.682. The van der Waals surface area contributed by atoms with Crippen molar-refractivity contribution in [1.29, 1.82) is 0 Å². The van der Waals surface area contributed by atoms with Crippen LogP contribution in [0.15, 0.2) is 103 Å². The van der Waals surface area contributed by atoms with Crippen LogP contribution >= 0.6 is 0 Å². The average Bonchev–Trinajstić information content (AvgIpc) is 1.47. The van der Waals surface area contributed by atoms with E-state index in [4.69, 9.17) is 20.2 Å². The number of rotatable bonds is 25. The molecule has 11 rings (SSSR count). The Hall–Kier alpha value is -10.5. The van der Waals surface area contributed by atoms with Gasteiger partial charge in [0.2, 0.25) is 35.4 Å². The number of piperazine rings is 1. The largest absolute Gasteiger partial charge is 0.507 e. The van der Waals surface area contributed by atoms with Gasteiger partial charge in [-0.15, -0.1) is 10.2 Å². The van der Waals surface area contributed by atoms with Crippen molar-refractivity contribution in [3.8, 4) is 22.9 Å². The summed E-state index contributed by atoms with van der Waals surface area (Å²) in [4.78, 5) is 144. The van der Waals surface area contributed by atoms with Crippen LogP contribution in [0.25, 0.3) is 11.3 Å². The molecule has 6 aliphatic rings. The maximum Gasteiger partial charge on any atom is 0.416 e. The highest BCUT2D eigenvalue weighted by molar-refractivity contribution is 6.13. The molecule has 0 unspecified atom stereocenters. The number of urea groups is 1. The van der Waals surface area contributed by atoms with Crippen LogP contribution in [0.5, 0.6) is 11.6 Å². The Labute approximate surface area is 554 Å². The number of pyridine rings is 1. The summed E-state index contributed by atoms with van der Waals surface area (Å²) in [5.74, 6) is -2.86. The third kappa shape index (κ3) is 15.7. The van der Waals surface area contributed by atoms with Gasteiger partial charge in [0.05, 0.1) is 30.0 Å². The molecule has 28 heteroatoms. The normalized spacial score (nSPS) is 19.8. The van der Waals surface area contributed by atoms with Crippen LogP contribution in [-0.4, -0.2) is 176 Å². The van der Waals surface area contributed by atoms with Crippen LogP contribution in [-0.2, 0) is 58.0 Å². The lowest BCUT2D eigenvalue weighted by Gasteiger charge is -2.45. The fourth-order valence-corrected chi connectivity index (χ4v) is 13.1. The molecule has 8 heterocycles. The predicted octanol–water partition coefficient (Wildman–Crippen LogP) is 4.40. The predicted molar refractivity (Wildman–Crippen MR) is 351 cm³/mol. The molecule has 28 nitrogen and oxygen atoms in total. The van der Waals surface area contributed by atoms with Gasteiger partial charge in [0.25, 0.3) is 17.7 Å². The molecule has 6 aliphatic heterocycles. The van der Waals surface area contributed by atoms with E-state index in [9.17, 15) is 53.1 Å². The summed E-state index contributed by atoms with van der Waals surface area (Å²) < 4.78 is 12.6. The quantitative estimate of drug-likeness (QED) is 0.0314. The van der Waals surface area contributed by atoms with Crippen LogP contribution in [0.1, 0.15) is 106 Å². The number of nitrogens with one attached hydrogen (secondary N) is 5. The fraction of sp³-hybridized carbons (Fsp3) is 0.426. The average molecular weight is 1310 g/mol. The van der Waals surface area contributed by atoms with Crippen LogP contribution in [0.2, 0.25) is 0 Å². The van der Waals surface area contributed by atoms with Crippen molar-refractivity contribution < 1.29 is 62.5 Å². The Morgan fingerprint density at radius 1 is 0.833 bits per heavy atom. The number of phenols is 1. The van der Waals surface area contributed by atoms with E-state index in [1.54, 1.807) is 73.3 Å². The fourth-order valence-electron chi connectivity index (χ4n) is 13.1. The molecule has 0 saturated carbocycles. The summed E-state index contributed by atoms with van der Waals surface area (Å²) in [5.41, 5.74) is 10.4. The van der Waals surface area contributed by atoms with Gasteiger partial charge >= 0.3 is 12.1 Å². The maximum absolute atomic E-state index is 14.4. The molecular formula is C68H79N15O13. The van der Waals surface area contributed by atoms with Gasteiger partial charge in [0.15, 0.2) is 5.82 Å². The summed E-state index contributed by atoms with van der Waals surface area (Å²) in [7, 11) is 0. The lowest BCUT2D eigenvalue weighted by Crippen LogP contribution is -2.56. The molecule has 2 aromatic heterocycles. The van der Waals surface area contributed by atoms with Crippen LogP contribution in [0.4, 0.5) is 32.5 Å². The summed E-state index contributed by atoms with van der Waals surface area (Å²) in [6, 6.07) is 21.5. The zero-order valence-corrected chi connectivity index (χ0v) is 53.8. The number of fused-ring (bicyclic) bond motifs is 4. The van der Waals surface area contributed by atoms with Crippen molar-refractivity contribution in [2.45, 2.75) is 128 Å². The Morgan fingerprint density at radius 3 is 2.31 bits per heavy atom. The minimum absolute atomic E-state index is 0.0100. The molecular weight excluding hydrogens is 1230 g/mol. The number of nitrogens with two attached hydrogens (primary N) is 1. The minimum Gasteiger partial charge on any atom is -0.507 e. The van der Waals surface area contributed by atoms with E-state index in [2.05, 4.69) is 51.5 Å².